The summed E-state index contributed by atoms with van der Waals surface area (Å²) in [7, 11) is 0. The van der Waals surface area contributed by atoms with Crippen LogP contribution in [0.5, 0.6) is 5.75 Å². The van der Waals surface area contributed by atoms with E-state index in [0.717, 1.165) is 5.39 Å². The Kier molecular flexibility index (Phi) is 2.17. The summed E-state index contributed by atoms with van der Waals surface area (Å²) in [5.74, 6) is 0.469. The van der Waals surface area contributed by atoms with Gasteiger partial charge < -0.3 is 9.52 Å². The molecule has 1 aromatic rings. The van der Waals surface area contributed by atoms with Gasteiger partial charge in [-0.2, -0.15) is 0 Å². The molecular weight excluding hydrogens is 228 g/mol. The molecule has 0 saturated heterocycles. The second kappa shape index (κ2) is 3.60. The van der Waals surface area contributed by atoms with Gasteiger partial charge in [0.2, 0.25) is 0 Å². The average molecular weight is 240 g/mol. The number of rotatable bonds is 0. The van der Waals surface area contributed by atoms with Gasteiger partial charge in [0.05, 0.1) is 5.56 Å². The number of phenolic OH excluding ortho intramolecular Hbond substituents is 1. The van der Waals surface area contributed by atoms with Crippen LogP contribution in [0.25, 0.3) is 22.3 Å². The maximum absolute atomic E-state index is 11.9. The van der Waals surface area contributed by atoms with Gasteiger partial charge in [0, 0.05) is 16.5 Å². The molecule has 0 saturated carbocycles. The Hall–Kier alpha value is -2.29. The van der Waals surface area contributed by atoms with Crippen LogP contribution >= 0.6 is 0 Å². The Balaban J connectivity index is 2.58. The summed E-state index contributed by atoms with van der Waals surface area (Å²) in [6.45, 7) is 3.34. The molecule has 0 fully saturated rings. The Labute approximate surface area is 104 Å². The lowest BCUT2D eigenvalue weighted by molar-refractivity contribution is 0.468. The first-order valence-electron chi connectivity index (χ1n) is 5.74. The van der Waals surface area contributed by atoms with Crippen LogP contribution in [0.15, 0.2) is 39.5 Å². The molecule has 1 aromatic carbocycles. The van der Waals surface area contributed by atoms with Crippen molar-refractivity contribution in [3.05, 3.63) is 51.7 Å². The molecule has 1 N–H and O–H groups in total. The summed E-state index contributed by atoms with van der Waals surface area (Å²) in [6.07, 6.45) is 0. The zero-order valence-corrected chi connectivity index (χ0v) is 10.2. The van der Waals surface area contributed by atoms with E-state index in [1.54, 1.807) is 13.8 Å². The maximum Gasteiger partial charge on any atom is 0.191 e. The van der Waals surface area contributed by atoms with Crippen LogP contribution in [-0.4, -0.2) is 5.11 Å². The number of hydrogen-bond acceptors (Lipinski definition) is 3. The lowest BCUT2D eigenvalue weighted by Crippen LogP contribution is -2.11. The van der Waals surface area contributed by atoms with E-state index in [4.69, 9.17) is 4.42 Å². The van der Waals surface area contributed by atoms with Gasteiger partial charge in [-0.15, -0.1) is 0 Å². The molecule has 18 heavy (non-hydrogen) atoms. The van der Waals surface area contributed by atoms with E-state index in [0.29, 0.717) is 28.0 Å². The number of phenols is 1. The fraction of sp³-hybridized carbons (Fsp3) is 0.133. The van der Waals surface area contributed by atoms with E-state index in [9.17, 15) is 9.90 Å². The van der Waals surface area contributed by atoms with E-state index in [-0.39, 0.29) is 11.2 Å². The van der Waals surface area contributed by atoms with Crippen molar-refractivity contribution in [2.24, 2.45) is 0 Å². The highest BCUT2D eigenvalue weighted by Gasteiger charge is 2.20. The first-order chi connectivity index (χ1) is 8.59. The highest BCUT2D eigenvalue weighted by molar-refractivity contribution is 5.86. The molecule has 1 aliphatic carbocycles. The molecule has 0 bridgehead atoms. The van der Waals surface area contributed by atoms with Crippen molar-refractivity contribution < 1.29 is 9.52 Å². The molecule has 0 radical (unpaired) electrons. The van der Waals surface area contributed by atoms with Gasteiger partial charge in [-0.3, -0.25) is 4.79 Å². The van der Waals surface area contributed by atoms with E-state index in [2.05, 4.69) is 0 Å². The fourth-order valence-corrected chi connectivity index (χ4v) is 2.23. The molecule has 0 spiro atoms. The summed E-state index contributed by atoms with van der Waals surface area (Å²) in [5.41, 5.74) is 2.02. The lowest BCUT2D eigenvalue weighted by Gasteiger charge is -2.12. The highest BCUT2D eigenvalue weighted by Crippen LogP contribution is 2.37. The van der Waals surface area contributed by atoms with E-state index < -0.39 is 0 Å². The summed E-state index contributed by atoms with van der Waals surface area (Å²) < 4.78 is 5.73. The Morgan fingerprint density at radius 2 is 1.83 bits per heavy atom. The standard InChI is InChI=1S/C15H12O3/c1-8-13(16)9(2)15-11(14(8)17)7-10-5-3-4-6-12(10)18-15/h3-7,17H,1-2H3. The Morgan fingerprint density at radius 1 is 1.11 bits per heavy atom. The third-order valence-corrected chi connectivity index (χ3v) is 3.31. The van der Waals surface area contributed by atoms with Gasteiger partial charge in [0.25, 0.3) is 0 Å². The van der Waals surface area contributed by atoms with Gasteiger partial charge >= 0.3 is 0 Å². The van der Waals surface area contributed by atoms with Crippen molar-refractivity contribution in [1.82, 2.24) is 0 Å². The monoisotopic (exact) mass is 240 g/mol. The van der Waals surface area contributed by atoms with Gasteiger partial charge in [-0.1, -0.05) is 18.2 Å². The molecule has 0 aromatic heterocycles. The molecule has 1 heterocycles. The molecule has 0 atom stereocenters. The Bertz CT molecular complexity index is 784. The normalized spacial score (nSPS) is 11.2. The molecule has 1 aliphatic heterocycles. The Morgan fingerprint density at radius 3 is 2.61 bits per heavy atom. The van der Waals surface area contributed by atoms with Crippen LogP contribution in [0, 0.1) is 13.8 Å². The molecule has 2 aliphatic rings. The molecule has 3 rings (SSSR count). The SMILES string of the molecule is Cc1c2oc3ccccc3cc-2c(O)c(C)c1=O. The van der Waals surface area contributed by atoms with Gasteiger partial charge in [0.15, 0.2) is 5.43 Å². The van der Waals surface area contributed by atoms with Crippen molar-refractivity contribution in [3.63, 3.8) is 0 Å². The van der Waals surface area contributed by atoms with Gasteiger partial charge in [-0.05, 0) is 26.0 Å². The first-order valence-corrected chi connectivity index (χ1v) is 5.74. The van der Waals surface area contributed by atoms with Crippen LogP contribution in [-0.2, 0) is 0 Å². The number of hydrogen-bond donors (Lipinski definition) is 1. The summed E-state index contributed by atoms with van der Waals surface area (Å²) in [4.78, 5) is 11.9. The van der Waals surface area contributed by atoms with Crippen LogP contribution in [0.2, 0.25) is 0 Å². The number of para-hydroxylation sites is 1. The minimum atomic E-state index is -0.168. The molecule has 0 unspecified atom stereocenters. The molecular formula is C15H12O3. The predicted molar refractivity (Wildman–Crippen MR) is 70.2 cm³/mol. The zero-order chi connectivity index (χ0) is 12.9. The quantitative estimate of drug-likeness (QED) is 0.614. The second-order valence-corrected chi connectivity index (χ2v) is 4.45. The highest BCUT2D eigenvalue weighted by atomic mass is 16.3. The smallest absolute Gasteiger partial charge is 0.191 e. The molecule has 0 amide bonds. The van der Waals surface area contributed by atoms with Crippen LogP contribution in [0.1, 0.15) is 11.1 Å². The van der Waals surface area contributed by atoms with Crippen LogP contribution in [0.4, 0.5) is 0 Å². The zero-order valence-electron chi connectivity index (χ0n) is 10.2. The van der Waals surface area contributed by atoms with E-state index >= 15 is 0 Å². The third kappa shape index (κ3) is 1.34. The van der Waals surface area contributed by atoms with Crippen molar-refractivity contribution >= 4 is 11.0 Å². The summed E-state index contributed by atoms with van der Waals surface area (Å²) >= 11 is 0. The minimum Gasteiger partial charge on any atom is -0.507 e. The largest absolute Gasteiger partial charge is 0.507 e. The first kappa shape index (κ1) is 10.8. The van der Waals surface area contributed by atoms with E-state index in [1.807, 2.05) is 30.3 Å². The summed E-state index contributed by atoms with van der Waals surface area (Å²) in [5, 5.41) is 11.0. The van der Waals surface area contributed by atoms with Crippen molar-refractivity contribution in [2.45, 2.75) is 13.8 Å². The maximum atomic E-state index is 11.9. The van der Waals surface area contributed by atoms with Gasteiger partial charge in [0.1, 0.15) is 17.1 Å². The van der Waals surface area contributed by atoms with Crippen LogP contribution < -0.4 is 5.43 Å². The third-order valence-electron chi connectivity index (χ3n) is 3.31. The molecule has 3 heteroatoms. The van der Waals surface area contributed by atoms with Gasteiger partial charge in [-0.25, -0.2) is 0 Å². The van der Waals surface area contributed by atoms with E-state index in [1.165, 1.54) is 0 Å². The fourth-order valence-electron chi connectivity index (χ4n) is 2.23. The van der Waals surface area contributed by atoms with Crippen LogP contribution in [0.3, 0.4) is 0 Å². The second-order valence-electron chi connectivity index (χ2n) is 4.45. The predicted octanol–water partition coefficient (Wildman–Crippen LogP) is 3.22. The van der Waals surface area contributed by atoms with Crippen molar-refractivity contribution in [3.8, 4) is 17.1 Å². The molecule has 90 valence electrons. The number of fused-ring (bicyclic) bond motifs is 2. The van der Waals surface area contributed by atoms with Crippen molar-refractivity contribution in [1.29, 1.82) is 0 Å². The lowest BCUT2D eigenvalue weighted by atomic mass is 9.99. The molecule has 3 nitrogen and oxygen atoms in total. The number of benzene rings is 2. The summed E-state index contributed by atoms with van der Waals surface area (Å²) in [6, 6.07) is 9.38. The minimum absolute atomic E-state index is 0.00935. The van der Waals surface area contributed by atoms with Crippen molar-refractivity contribution in [2.75, 3.05) is 0 Å². The average Bonchev–Trinajstić information content (AvgIpc) is 2.41. The number of aromatic hydroxyl groups is 1. The topological polar surface area (TPSA) is 50.4 Å².